The molecule has 198 valence electrons. The van der Waals surface area contributed by atoms with Crippen molar-refractivity contribution in [3.63, 3.8) is 0 Å². The third-order valence-corrected chi connectivity index (χ3v) is 7.37. The van der Waals surface area contributed by atoms with Crippen molar-refractivity contribution in [3.05, 3.63) is 91.9 Å². The normalized spacial score (nSPS) is 13.3. The van der Waals surface area contributed by atoms with Crippen LogP contribution in [-0.2, 0) is 16.1 Å². The van der Waals surface area contributed by atoms with Crippen LogP contribution in [0, 0.1) is 6.92 Å². The molecule has 0 aliphatic carbocycles. The molecule has 0 unspecified atom stereocenters. The predicted molar refractivity (Wildman–Crippen MR) is 151 cm³/mol. The fraction of sp³-hybridized carbons (Fsp3) is 0.250. The number of carbonyl (C=O) groups is 3. The number of likely N-dealkylation sites (N-methyl/N-ethyl adjacent to an activating group) is 1. The Morgan fingerprint density at radius 3 is 2.16 bits per heavy atom. The molecule has 38 heavy (non-hydrogen) atoms. The van der Waals surface area contributed by atoms with E-state index in [0.717, 1.165) is 15.6 Å². The van der Waals surface area contributed by atoms with Gasteiger partial charge in [0, 0.05) is 49.8 Å². The topological polar surface area (TPSA) is 70.2 Å². The molecule has 1 saturated heterocycles. The average Bonchev–Trinajstić information content (AvgIpc) is 2.90. The molecule has 4 rings (SSSR count). The molecule has 1 heterocycles. The van der Waals surface area contributed by atoms with Crippen LogP contribution in [0.3, 0.4) is 0 Å². The molecule has 1 aliphatic heterocycles. The molecular weight excluding hydrogens is 593 g/mol. The second-order valence-corrected chi connectivity index (χ2v) is 10.7. The lowest BCUT2D eigenvalue weighted by Crippen LogP contribution is -2.54. The van der Waals surface area contributed by atoms with Crippen LogP contribution in [-0.4, -0.2) is 65.6 Å². The quantitative estimate of drug-likeness (QED) is 0.339. The van der Waals surface area contributed by atoms with Crippen LogP contribution in [0.5, 0.6) is 11.5 Å². The first-order valence-electron chi connectivity index (χ1n) is 11.9. The summed E-state index contributed by atoms with van der Waals surface area (Å²) in [4.78, 5) is 43.4. The number of ether oxygens (including phenoxy) is 1. The van der Waals surface area contributed by atoms with Crippen LogP contribution in [0.4, 0.5) is 0 Å². The maximum absolute atomic E-state index is 13.0. The number of hydrogen-bond donors (Lipinski definition) is 0. The number of carbonyl (C=O) groups excluding carboxylic acids is 3. The van der Waals surface area contributed by atoms with Gasteiger partial charge in [0.1, 0.15) is 11.5 Å². The van der Waals surface area contributed by atoms with Gasteiger partial charge in [-0.1, -0.05) is 69.0 Å². The van der Waals surface area contributed by atoms with Gasteiger partial charge >= 0.3 is 11.8 Å². The minimum absolute atomic E-state index is 0.183. The lowest BCUT2D eigenvalue weighted by molar-refractivity contribution is -0.152. The van der Waals surface area contributed by atoms with Crippen molar-refractivity contribution in [2.45, 2.75) is 13.5 Å². The second-order valence-electron chi connectivity index (χ2n) is 9.01. The van der Waals surface area contributed by atoms with Gasteiger partial charge in [-0.2, -0.15) is 0 Å². The molecule has 0 saturated carbocycles. The summed E-state index contributed by atoms with van der Waals surface area (Å²) < 4.78 is 6.90. The summed E-state index contributed by atoms with van der Waals surface area (Å²) in [7, 11) is 1.58. The molecule has 0 radical (unpaired) electrons. The van der Waals surface area contributed by atoms with Gasteiger partial charge in [0.05, 0.1) is 15.6 Å². The summed E-state index contributed by atoms with van der Waals surface area (Å²) in [6, 6.07) is 18.1. The monoisotopic (exact) mass is 617 g/mol. The van der Waals surface area contributed by atoms with Gasteiger partial charge < -0.3 is 19.4 Å². The Bertz CT molecular complexity index is 1340. The Balaban J connectivity index is 1.38. The Morgan fingerprint density at radius 2 is 1.53 bits per heavy atom. The number of benzene rings is 3. The predicted octanol–water partition coefficient (Wildman–Crippen LogP) is 5.80. The van der Waals surface area contributed by atoms with E-state index in [1.807, 2.05) is 49.4 Å². The summed E-state index contributed by atoms with van der Waals surface area (Å²) >= 11 is 15.8. The standard InChI is InChI=1S/C28H26BrCl2N3O4/c1-18-6-10-21(11-7-18)38-24-16-20(29)9-8-19(24)17-32(2)27(36)28(37)34-14-12-33(13-15-34)26(35)25-22(30)4-3-5-23(25)31/h3-11,16H,12-15,17H2,1-2H3. The van der Waals surface area contributed by atoms with E-state index in [-0.39, 0.29) is 54.2 Å². The number of aryl methyl sites for hydroxylation is 1. The molecule has 7 nitrogen and oxygen atoms in total. The van der Waals surface area contributed by atoms with Crippen LogP contribution < -0.4 is 4.74 Å². The molecule has 1 fully saturated rings. The number of rotatable bonds is 5. The highest BCUT2D eigenvalue weighted by Gasteiger charge is 2.31. The number of amides is 3. The molecule has 0 spiro atoms. The largest absolute Gasteiger partial charge is 0.457 e. The van der Waals surface area contributed by atoms with E-state index in [1.54, 1.807) is 30.1 Å². The van der Waals surface area contributed by atoms with Crippen LogP contribution in [0.15, 0.2) is 65.1 Å². The molecule has 0 aromatic heterocycles. The number of halogens is 3. The van der Waals surface area contributed by atoms with E-state index in [2.05, 4.69) is 15.9 Å². The Hall–Kier alpha value is -3.07. The second kappa shape index (κ2) is 12.2. The van der Waals surface area contributed by atoms with Gasteiger partial charge in [-0.3, -0.25) is 14.4 Å². The van der Waals surface area contributed by atoms with Crippen LogP contribution >= 0.6 is 39.1 Å². The summed E-state index contributed by atoms with van der Waals surface area (Å²) in [6.45, 7) is 3.17. The smallest absolute Gasteiger partial charge is 0.312 e. The zero-order chi connectivity index (χ0) is 27.4. The van der Waals surface area contributed by atoms with Gasteiger partial charge in [-0.05, 0) is 43.3 Å². The lowest BCUT2D eigenvalue weighted by Gasteiger charge is -2.35. The first-order chi connectivity index (χ1) is 18.1. The zero-order valence-electron chi connectivity index (χ0n) is 20.9. The Morgan fingerprint density at radius 1 is 0.921 bits per heavy atom. The van der Waals surface area contributed by atoms with Crippen LogP contribution in [0.1, 0.15) is 21.5 Å². The first kappa shape index (κ1) is 28.0. The van der Waals surface area contributed by atoms with Crippen molar-refractivity contribution in [2.24, 2.45) is 0 Å². The highest BCUT2D eigenvalue weighted by Crippen LogP contribution is 2.30. The maximum Gasteiger partial charge on any atom is 0.312 e. The minimum atomic E-state index is -0.636. The average molecular weight is 619 g/mol. The number of nitrogens with zero attached hydrogens (tertiary/aromatic N) is 3. The van der Waals surface area contributed by atoms with Crippen molar-refractivity contribution in [2.75, 3.05) is 33.2 Å². The third kappa shape index (κ3) is 6.49. The minimum Gasteiger partial charge on any atom is -0.457 e. The molecule has 0 bridgehead atoms. The van der Waals surface area contributed by atoms with Crippen molar-refractivity contribution >= 4 is 56.9 Å². The molecule has 0 N–H and O–H groups in total. The van der Waals surface area contributed by atoms with Crippen molar-refractivity contribution in [3.8, 4) is 11.5 Å². The van der Waals surface area contributed by atoms with E-state index in [0.29, 0.717) is 11.5 Å². The van der Waals surface area contributed by atoms with E-state index in [1.165, 1.54) is 9.80 Å². The van der Waals surface area contributed by atoms with Gasteiger partial charge in [-0.25, -0.2) is 0 Å². The summed E-state index contributed by atoms with van der Waals surface area (Å²) in [5.41, 5.74) is 2.11. The fourth-order valence-corrected chi connectivity index (χ4v) is 4.99. The molecule has 3 aromatic carbocycles. The molecule has 3 aromatic rings. The number of hydrogen-bond acceptors (Lipinski definition) is 4. The van der Waals surface area contributed by atoms with Crippen LogP contribution in [0.25, 0.3) is 0 Å². The van der Waals surface area contributed by atoms with Gasteiger partial charge in [0.25, 0.3) is 5.91 Å². The Labute approximate surface area is 240 Å². The van der Waals surface area contributed by atoms with E-state index in [4.69, 9.17) is 27.9 Å². The van der Waals surface area contributed by atoms with E-state index >= 15 is 0 Å². The molecule has 10 heteroatoms. The van der Waals surface area contributed by atoms with Crippen molar-refractivity contribution in [1.82, 2.24) is 14.7 Å². The summed E-state index contributed by atoms with van der Waals surface area (Å²) in [6.07, 6.45) is 0. The lowest BCUT2D eigenvalue weighted by atomic mass is 10.1. The van der Waals surface area contributed by atoms with E-state index in [9.17, 15) is 14.4 Å². The molecule has 0 atom stereocenters. The fourth-order valence-electron chi connectivity index (χ4n) is 4.09. The maximum atomic E-state index is 13.0. The van der Waals surface area contributed by atoms with Crippen molar-refractivity contribution < 1.29 is 19.1 Å². The SMILES string of the molecule is Cc1ccc(Oc2cc(Br)ccc2CN(C)C(=O)C(=O)N2CCN(C(=O)c3c(Cl)cccc3Cl)CC2)cc1. The van der Waals surface area contributed by atoms with E-state index < -0.39 is 11.8 Å². The molecule has 3 amide bonds. The highest BCUT2D eigenvalue weighted by molar-refractivity contribution is 9.10. The highest BCUT2D eigenvalue weighted by atomic mass is 79.9. The summed E-state index contributed by atoms with van der Waals surface area (Å²) in [5, 5.41) is 0.549. The van der Waals surface area contributed by atoms with Gasteiger partial charge in [0.15, 0.2) is 0 Å². The van der Waals surface area contributed by atoms with Gasteiger partial charge in [0.2, 0.25) is 0 Å². The third-order valence-electron chi connectivity index (χ3n) is 6.25. The zero-order valence-corrected chi connectivity index (χ0v) is 24.0. The number of piperazine rings is 1. The van der Waals surface area contributed by atoms with Crippen molar-refractivity contribution in [1.29, 1.82) is 0 Å². The first-order valence-corrected chi connectivity index (χ1v) is 13.5. The van der Waals surface area contributed by atoms with Gasteiger partial charge in [-0.15, -0.1) is 0 Å². The van der Waals surface area contributed by atoms with Crippen LogP contribution in [0.2, 0.25) is 10.0 Å². The molecule has 1 aliphatic rings. The Kier molecular flexibility index (Phi) is 8.97. The molecular formula is C28H26BrCl2N3O4. The summed E-state index contributed by atoms with van der Waals surface area (Å²) in [5.74, 6) is -0.296.